The number of aryl methyl sites for hydroxylation is 1. The zero-order valence-corrected chi connectivity index (χ0v) is 11.9. The van der Waals surface area contributed by atoms with Crippen LogP contribution in [0.25, 0.3) is 11.3 Å². The van der Waals surface area contributed by atoms with Crippen LogP contribution >= 0.6 is 0 Å². The number of aromatic amines is 1. The van der Waals surface area contributed by atoms with Crippen LogP contribution in [-0.4, -0.2) is 9.97 Å². The fourth-order valence-electron chi connectivity index (χ4n) is 2.43. The number of nitrogens with zero attached hydrogens (tertiary/aromatic N) is 1. The molecule has 0 fully saturated rings. The Bertz CT molecular complexity index is 732. The highest BCUT2D eigenvalue weighted by Gasteiger charge is 2.06. The Morgan fingerprint density at radius 1 is 1.05 bits per heavy atom. The van der Waals surface area contributed by atoms with Crippen molar-refractivity contribution >= 4 is 0 Å². The van der Waals surface area contributed by atoms with Gasteiger partial charge < -0.3 is 4.98 Å². The molecular formula is C18H17FN2. The molecule has 0 aliphatic rings. The van der Waals surface area contributed by atoms with Crippen molar-refractivity contribution in [2.45, 2.75) is 19.8 Å². The monoisotopic (exact) mass is 280 g/mol. The molecule has 0 bridgehead atoms. The van der Waals surface area contributed by atoms with E-state index >= 15 is 0 Å². The molecule has 0 spiro atoms. The number of H-pyrrole nitrogens is 1. The summed E-state index contributed by atoms with van der Waals surface area (Å²) in [6.07, 6.45) is 3.26. The van der Waals surface area contributed by atoms with Crippen LogP contribution in [0, 0.1) is 5.82 Å². The van der Waals surface area contributed by atoms with Crippen molar-refractivity contribution in [3.8, 4) is 11.3 Å². The van der Waals surface area contributed by atoms with Crippen LogP contribution in [0.1, 0.15) is 23.9 Å². The van der Waals surface area contributed by atoms with E-state index in [1.807, 2.05) is 49.5 Å². The smallest absolute Gasteiger partial charge is 0.123 e. The van der Waals surface area contributed by atoms with Gasteiger partial charge in [-0.05, 0) is 35.2 Å². The number of aromatic nitrogens is 2. The number of imidazole rings is 1. The Balaban J connectivity index is 1.83. The van der Waals surface area contributed by atoms with Gasteiger partial charge in [-0.1, -0.05) is 43.3 Å². The number of hydrogen-bond acceptors (Lipinski definition) is 1. The van der Waals surface area contributed by atoms with E-state index in [1.54, 1.807) is 12.1 Å². The highest BCUT2D eigenvalue weighted by molar-refractivity contribution is 5.58. The van der Waals surface area contributed by atoms with Crippen LogP contribution in [-0.2, 0) is 12.8 Å². The molecule has 0 amide bonds. The van der Waals surface area contributed by atoms with Crippen molar-refractivity contribution in [2.75, 3.05) is 0 Å². The average Bonchev–Trinajstić information content (AvgIpc) is 2.96. The minimum atomic E-state index is -0.181. The van der Waals surface area contributed by atoms with Gasteiger partial charge in [0, 0.05) is 6.42 Å². The summed E-state index contributed by atoms with van der Waals surface area (Å²) in [4.78, 5) is 7.70. The standard InChI is InChI=1S/C18H17FN2/c1-2-13-8-14(10-16(19)9-13)11-18-20-12-17(21-18)15-6-4-3-5-7-15/h3-10,12H,2,11H2,1H3,(H,20,21). The number of halogens is 1. The first-order valence-corrected chi connectivity index (χ1v) is 7.12. The minimum absolute atomic E-state index is 0.181. The van der Waals surface area contributed by atoms with Crippen LogP contribution in [0.4, 0.5) is 4.39 Å². The second-order valence-electron chi connectivity index (χ2n) is 5.11. The molecule has 21 heavy (non-hydrogen) atoms. The molecule has 0 saturated carbocycles. The van der Waals surface area contributed by atoms with Gasteiger partial charge in [0.15, 0.2) is 0 Å². The Labute approximate surface area is 123 Å². The van der Waals surface area contributed by atoms with Gasteiger partial charge in [0.05, 0.1) is 11.9 Å². The van der Waals surface area contributed by atoms with Crippen molar-refractivity contribution < 1.29 is 4.39 Å². The number of nitrogens with one attached hydrogen (secondary N) is 1. The maximum atomic E-state index is 13.6. The molecule has 1 heterocycles. The molecule has 0 aliphatic heterocycles. The molecule has 0 radical (unpaired) electrons. The Morgan fingerprint density at radius 2 is 1.81 bits per heavy atom. The first kappa shape index (κ1) is 13.6. The molecule has 1 aromatic heterocycles. The largest absolute Gasteiger partial charge is 0.342 e. The minimum Gasteiger partial charge on any atom is -0.342 e. The molecule has 106 valence electrons. The average molecular weight is 280 g/mol. The maximum Gasteiger partial charge on any atom is 0.123 e. The van der Waals surface area contributed by atoms with E-state index in [-0.39, 0.29) is 5.82 Å². The normalized spacial score (nSPS) is 10.8. The van der Waals surface area contributed by atoms with E-state index in [0.29, 0.717) is 6.42 Å². The molecule has 0 aliphatic carbocycles. The topological polar surface area (TPSA) is 28.7 Å². The third-order valence-corrected chi connectivity index (χ3v) is 3.51. The fraction of sp³-hybridized carbons (Fsp3) is 0.167. The van der Waals surface area contributed by atoms with Gasteiger partial charge in [-0.25, -0.2) is 9.37 Å². The summed E-state index contributed by atoms with van der Waals surface area (Å²) in [5.41, 5.74) is 4.04. The number of rotatable bonds is 4. The summed E-state index contributed by atoms with van der Waals surface area (Å²) in [6.45, 7) is 2.03. The van der Waals surface area contributed by atoms with Crippen LogP contribution in [0.5, 0.6) is 0 Å². The van der Waals surface area contributed by atoms with E-state index in [4.69, 9.17) is 0 Å². The summed E-state index contributed by atoms with van der Waals surface area (Å²) >= 11 is 0. The van der Waals surface area contributed by atoms with Crippen molar-refractivity contribution in [3.05, 3.63) is 77.5 Å². The van der Waals surface area contributed by atoms with Crippen molar-refractivity contribution in [1.82, 2.24) is 9.97 Å². The maximum absolute atomic E-state index is 13.6. The summed E-state index contributed by atoms with van der Waals surface area (Å²) in [5.74, 6) is 0.667. The fourth-order valence-corrected chi connectivity index (χ4v) is 2.43. The van der Waals surface area contributed by atoms with Gasteiger partial charge in [0.25, 0.3) is 0 Å². The Hall–Kier alpha value is -2.42. The third kappa shape index (κ3) is 3.19. The second-order valence-corrected chi connectivity index (χ2v) is 5.11. The van der Waals surface area contributed by atoms with Crippen molar-refractivity contribution in [3.63, 3.8) is 0 Å². The summed E-state index contributed by atoms with van der Waals surface area (Å²) in [5, 5.41) is 0. The molecule has 3 rings (SSSR count). The van der Waals surface area contributed by atoms with Crippen molar-refractivity contribution in [1.29, 1.82) is 0 Å². The van der Waals surface area contributed by atoms with Gasteiger partial charge in [-0.2, -0.15) is 0 Å². The quantitative estimate of drug-likeness (QED) is 0.755. The summed E-state index contributed by atoms with van der Waals surface area (Å²) < 4.78 is 13.6. The zero-order valence-electron chi connectivity index (χ0n) is 11.9. The predicted octanol–water partition coefficient (Wildman–Crippen LogP) is 4.37. The molecule has 2 aromatic carbocycles. The molecular weight excluding hydrogens is 263 g/mol. The first-order chi connectivity index (χ1) is 10.2. The molecule has 0 unspecified atom stereocenters. The van der Waals surface area contributed by atoms with Crippen LogP contribution < -0.4 is 0 Å². The van der Waals surface area contributed by atoms with E-state index in [2.05, 4.69) is 9.97 Å². The first-order valence-electron chi connectivity index (χ1n) is 7.12. The number of benzene rings is 2. The lowest BCUT2D eigenvalue weighted by molar-refractivity contribution is 0.623. The Kier molecular flexibility index (Phi) is 3.82. The molecule has 1 N–H and O–H groups in total. The van der Waals surface area contributed by atoms with Crippen molar-refractivity contribution in [2.24, 2.45) is 0 Å². The molecule has 0 atom stereocenters. The lowest BCUT2D eigenvalue weighted by Crippen LogP contribution is -1.94. The third-order valence-electron chi connectivity index (χ3n) is 3.51. The lowest BCUT2D eigenvalue weighted by atomic mass is 10.1. The van der Waals surface area contributed by atoms with E-state index in [1.165, 1.54) is 0 Å². The summed E-state index contributed by atoms with van der Waals surface area (Å²) in [7, 11) is 0. The van der Waals surface area contributed by atoms with Gasteiger partial charge in [-0.3, -0.25) is 0 Å². The SMILES string of the molecule is CCc1cc(F)cc(Cc2ncc(-c3ccccc3)[nH]2)c1. The Morgan fingerprint density at radius 3 is 2.57 bits per heavy atom. The van der Waals surface area contributed by atoms with Gasteiger partial charge >= 0.3 is 0 Å². The molecule has 3 aromatic rings. The van der Waals surface area contributed by atoms with Gasteiger partial charge in [0.1, 0.15) is 11.6 Å². The van der Waals surface area contributed by atoms with E-state index in [9.17, 15) is 4.39 Å². The molecule has 3 heteroatoms. The molecule has 2 nitrogen and oxygen atoms in total. The zero-order chi connectivity index (χ0) is 14.7. The van der Waals surface area contributed by atoms with Gasteiger partial charge in [0.2, 0.25) is 0 Å². The molecule has 0 saturated heterocycles. The number of hydrogen-bond donors (Lipinski definition) is 1. The van der Waals surface area contributed by atoms with E-state index in [0.717, 1.165) is 34.6 Å². The predicted molar refractivity (Wildman–Crippen MR) is 82.6 cm³/mol. The van der Waals surface area contributed by atoms with Crippen LogP contribution in [0.15, 0.2) is 54.7 Å². The second kappa shape index (κ2) is 5.92. The summed E-state index contributed by atoms with van der Waals surface area (Å²) in [6, 6.07) is 15.2. The highest BCUT2D eigenvalue weighted by atomic mass is 19.1. The van der Waals surface area contributed by atoms with Gasteiger partial charge in [-0.15, -0.1) is 0 Å². The lowest BCUT2D eigenvalue weighted by Gasteiger charge is -2.03. The van der Waals surface area contributed by atoms with Crippen LogP contribution in [0.2, 0.25) is 0 Å². The van der Waals surface area contributed by atoms with Crippen LogP contribution in [0.3, 0.4) is 0 Å². The highest BCUT2D eigenvalue weighted by Crippen LogP contribution is 2.18. The van der Waals surface area contributed by atoms with E-state index < -0.39 is 0 Å².